The van der Waals surface area contributed by atoms with Gasteiger partial charge >= 0.3 is 5.97 Å². The monoisotopic (exact) mass is 469 g/mol. The maximum atomic E-state index is 13.4. The van der Waals surface area contributed by atoms with Crippen LogP contribution in [0.3, 0.4) is 0 Å². The molecular formula is C26H23N5O4. The van der Waals surface area contributed by atoms with Gasteiger partial charge in [0.2, 0.25) is 0 Å². The molecule has 35 heavy (non-hydrogen) atoms. The quantitative estimate of drug-likeness (QED) is 0.444. The minimum absolute atomic E-state index is 0.0823. The maximum Gasteiger partial charge on any atom is 0.339 e. The summed E-state index contributed by atoms with van der Waals surface area (Å²) in [5, 5.41) is 17.6. The van der Waals surface area contributed by atoms with Crippen molar-refractivity contribution in [2.45, 2.75) is 26.4 Å². The molecule has 1 aliphatic heterocycles. The summed E-state index contributed by atoms with van der Waals surface area (Å²) in [6.07, 6.45) is 1.67. The van der Waals surface area contributed by atoms with Crippen molar-refractivity contribution in [1.82, 2.24) is 19.7 Å². The van der Waals surface area contributed by atoms with Crippen molar-refractivity contribution < 1.29 is 19.4 Å². The summed E-state index contributed by atoms with van der Waals surface area (Å²) < 4.78 is 7.18. The van der Waals surface area contributed by atoms with Gasteiger partial charge in [0.25, 0.3) is 5.91 Å². The van der Waals surface area contributed by atoms with E-state index < -0.39 is 5.97 Å². The summed E-state index contributed by atoms with van der Waals surface area (Å²) >= 11 is 0. The molecule has 0 fully saturated rings. The highest BCUT2D eigenvalue weighted by Crippen LogP contribution is 2.33. The number of methoxy groups -OCH3 is 1. The predicted molar refractivity (Wildman–Crippen MR) is 130 cm³/mol. The number of aromatic nitrogens is 4. The van der Waals surface area contributed by atoms with Gasteiger partial charge in [-0.15, -0.1) is 10.2 Å². The van der Waals surface area contributed by atoms with E-state index >= 15 is 0 Å². The van der Waals surface area contributed by atoms with E-state index in [0.29, 0.717) is 29.4 Å². The summed E-state index contributed by atoms with van der Waals surface area (Å²) in [7, 11) is 1.43. The Morgan fingerprint density at radius 3 is 2.60 bits per heavy atom. The van der Waals surface area contributed by atoms with Gasteiger partial charge in [-0.3, -0.25) is 9.69 Å². The van der Waals surface area contributed by atoms with Crippen LogP contribution in [0.4, 0.5) is 5.82 Å². The van der Waals surface area contributed by atoms with Crippen LogP contribution in [0.15, 0.2) is 60.9 Å². The normalized spacial score (nSPS) is 12.8. The average Bonchev–Trinajstić information content (AvgIpc) is 3.49. The van der Waals surface area contributed by atoms with E-state index in [2.05, 4.69) is 10.2 Å². The van der Waals surface area contributed by atoms with Crippen LogP contribution in [-0.2, 0) is 6.54 Å². The number of pyridine rings is 1. The van der Waals surface area contributed by atoms with E-state index in [9.17, 15) is 14.7 Å². The Balaban J connectivity index is 1.46. The number of rotatable bonds is 6. The van der Waals surface area contributed by atoms with E-state index in [4.69, 9.17) is 9.72 Å². The molecule has 9 heteroatoms. The highest BCUT2D eigenvalue weighted by Gasteiger charge is 2.30. The lowest BCUT2D eigenvalue weighted by molar-refractivity contribution is 0.0693. The standard InChI is InChI=1S/C26H23N5O4/c1-15(2)31-14-27-29-24(31)21-5-4-6-23(28-21)30-13-18-8-7-16(11-20(18)25(30)32)17-9-10-19(26(33)34)22(12-17)35-3/h4-12,14-15H,13H2,1-3H3,(H,33,34). The molecule has 5 rings (SSSR count). The number of carboxylic acids is 1. The first kappa shape index (κ1) is 22.3. The molecule has 176 valence electrons. The number of carbonyl (C=O) groups excluding carboxylic acids is 1. The number of carbonyl (C=O) groups is 2. The number of benzene rings is 2. The Bertz CT molecular complexity index is 1460. The zero-order chi connectivity index (χ0) is 24.7. The van der Waals surface area contributed by atoms with Crippen LogP contribution in [0.1, 0.15) is 46.2 Å². The number of anilines is 1. The van der Waals surface area contributed by atoms with Crippen LogP contribution in [0.5, 0.6) is 5.75 Å². The fourth-order valence-corrected chi connectivity index (χ4v) is 4.22. The van der Waals surface area contributed by atoms with Crippen LogP contribution in [0, 0.1) is 0 Å². The van der Waals surface area contributed by atoms with Crippen molar-refractivity contribution in [1.29, 1.82) is 0 Å². The predicted octanol–water partition coefficient (Wildman–Crippen LogP) is 4.46. The van der Waals surface area contributed by atoms with Crippen LogP contribution >= 0.6 is 0 Å². The van der Waals surface area contributed by atoms with Gasteiger partial charge in [-0.1, -0.05) is 24.3 Å². The first-order chi connectivity index (χ1) is 16.9. The zero-order valence-electron chi connectivity index (χ0n) is 19.5. The number of hydrogen-bond acceptors (Lipinski definition) is 6. The third-order valence-electron chi connectivity index (χ3n) is 6.05. The lowest BCUT2D eigenvalue weighted by Gasteiger charge is -2.16. The summed E-state index contributed by atoms with van der Waals surface area (Å²) in [6, 6.07) is 16.2. The van der Waals surface area contributed by atoms with Crippen molar-refractivity contribution in [3.8, 4) is 28.4 Å². The summed E-state index contributed by atoms with van der Waals surface area (Å²) in [5.74, 6) is 0.238. The Morgan fingerprint density at radius 1 is 1.09 bits per heavy atom. The molecule has 0 saturated carbocycles. The largest absolute Gasteiger partial charge is 0.496 e. The van der Waals surface area contributed by atoms with Gasteiger partial charge in [-0.25, -0.2) is 9.78 Å². The molecule has 0 bridgehead atoms. The molecule has 0 atom stereocenters. The number of carboxylic acid groups (broad SMARTS) is 1. The second-order valence-electron chi connectivity index (χ2n) is 8.52. The summed E-state index contributed by atoms with van der Waals surface area (Å²) in [6.45, 7) is 4.49. The Morgan fingerprint density at radius 2 is 1.86 bits per heavy atom. The molecular weight excluding hydrogens is 446 g/mol. The average molecular weight is 470 g/mol. The van der Waals surface area contributed by atoms with Crippen molar-refractivity contribution >= 4 is 17.7 Å². The highest BCUT2D eigenvalue weighted by molar-refractivity contribution is 6.10. The van der Waals surface area contributed by atoms with Crippen LogP contribution in [0.25, 0.3) is 22.6 Å². The molecule has 3 heterocycles. The van der Waals surface area contributed by atoms with E-state index in [1.807, 2.05) is 48.7 Å². The number of fused-ring (bicyclic) bond motifs is 1. The van der Waals surface area contributed by atoms with Gasteiger partial charge in [-0.2, -0.15) is 0 Å². The number of ether oxygens (including phenoxy) is 1. The van der Waals surface area contributed by atoms with Gasteiger partial charge in [0.1, 0.15) is 29.2 Å². The summed E-state index contributed by atoms with van der Waals surface area (Å²) in [5.41, 5.74) is 3.75. The fourth-order valence-electron chi connectivity index (χ4n) is 4.22. The van der Waals surface area contributed by atoms with E-state index in [1.54, 1.807) is 29.4 Å². The molecule has 0 aliphatic carbocycles. The molecule has 2 aromatic carbocycles. The SMILES string of the molecule is COc1cc(-c2ccc3c(c2)C(=O)N(c2cccc(-c4nncn4C(C)C)n2)C3)ccc1C(=O)O. The van der Waals surface area contributed by atoms with Gasteiger partial charge in [0.15, 0.2) is 5.82 Å². The lowest BCUT2D eigenvalue weighted by Crippen LogP contribution is -2.24. The second kappa shape index (κ2) is 8.68. The van der Waals surface area contributed by atoms with Gasteiger partial charge in [0, 0.05) is 11.6 Å². The Kier molecular flexibility index (Phi) is 5.52. The zero-order valence-corrected chi connectivity index (χ0v) is 19.5. The molecule has 4 aromatic rings. The van der Waals surface area contributed by atoms with Crippen molar-refractivity contribution in [3.63, 3.8) is 0 Å². The smallest absolute Gasteiger partial charge is 0.339 e. The van der Waals surface area contributed by atoms with Gasteiger partial charge in [0.05, 0.1) is 13.7 Å². The highest BCUT2D eigenvalue weighted by atomic mass is 16.5. The third kappa shape index (κ3) is 3.90. The van der Waals surface area contributed by atoms with Crippen molar-refractivity contribution in [2.75, 3.05) is 12.0 Å². The van der Waals surface area contributed by atoms with Crippen LogP contribution in [0.2, 0.25) is 0 Å². The van der Waals surface area contributed by atoms with Crippen LogP contribution < -0.4 is 9.64 Å². The number of hydrogen-bond donors (Lipinski definition) is 1. The fraction of sp³-hybridized carbons (Fsp3) is 0.192. The summed E-state index contributed by atoms with van der Waals surface area (Å²) in [4.78, 5) is 31.1. The molecule has 9 nitrogen and oxygen atoms in total. The van der Waals surface area contributed by atoms with E-state index in [0.717, 1.165) is 16.7 Å². The van der Waals surface area contributed by atoms with Gasteiger partial charge in [-0.05, 0) is 60.9 Å². The second-order valence-corrected chi connectivity index (χ2v) is 8.52. The first-order valence-corrected chi connectivity index (χ1v) is 11.1. The van der Waals surface area contributed by atoms with Crippen molar-refractivity contribution in [3.05, 3.63) is 77.6 Å². The lowest BCUT2D eigenvalue weighted by atomic mass is 9.99. The third-order valence-corrected chi connectivity index (χ3v) is 6.05. The molecule has 1 N–H and O–H groups in total. The first-order valence-electron chi connectivity index (χ1n) is 11.1. The topological polar surface area (TPSA) is 110 Å². The number of nitrogens with zero attached hydrogens (tertiary/aromatic N) is 5. The van der Waals surface area contributed by atoms with Gasteiger partial charge < -0.3 is 14.4 Å². The van der Waals surface area contributed by atoms with Crippen molar-refractivity contribution in [2.24, 2.45) is 0 Å². The minimum atomic E-state index is -1.06. The molecule has 0 saturated heterocycles. The molecule has 2 aromatic heterocycles. The van der Waals surface area contributed by atoms with Crippen LogP contribution in [-0.4, -0.2) is 43.8 Å². The Labute approximate surface area is 201 Å². The molecule has 0 spiro atoms. The molecule has 0 radical (unpaired) electrons. The maximum absolute atomic E-state index is 13.4. The Hall–Kier alpha value is -4.53. The minimum Gasteiger partial charge on any atom is -0.496 e. The number of aromatic carboxylic acids is 1. The van der Waals surface area contributed by atoms with E-state index in [-0.39, 0.29) is 23.3 Å². The number of amides is 1. The molecule has 1 aliphatic rings. The molecule has 0 unspecified atom stereocenters. The van der Waals surface area contributed by atoms with E-state index in [1.165, 1.54) is 13.2 Å². The molecule has 1 amide bonds.